The fourth-order valence-electron chi connectivity index (χ4n) is 7.61. The number of carbonyl (C=O) groups is 4. The number of Topliss-reactive ketones (excluding diaryl/α,β-unsaturated/α-hetero) is 2. The summed E-state index contributed by atoms with van der Waals surface area (Å²) in [4.78, 5) is 51.4. The van der Waals surface area contributed by atoms with Crippen LogP contribution in [-0.2, 0) is 28.7 Å². The molecule has 0 saturated heterocycles. The van der Waals surface area contributed by atoms with E-state index in [0.717, 1.165) is 19.3 Å². The summed E-state index contributed by atoms with van der Waals surface area (Å²) in [6.45, 7) is 14.1. The standard InChI is InChI=1S/C26H34O6/c1-6-19(27)31-13-24(5)9-8-10-25(14-32-20(28)7-2)18-11-17-12-26(18,22(29)15(17)3)23(30)16(4)21(24)25/h17-18,21H,3-4,6-14H2,1-2,5H3/t17-,18?,21?,24+,25-,26+/m1/s1. The van der Waals surface area contributed by atoms with Gasteiger partial charge < -0.3 is 9.47 Å². The number of allylic oxidation sites excluding steroid dienone is 2. The first-order valence-electron chi connectivity index (χ1n) is 11.9. The molecule has 4 rings (SSSR count). The SMILES string of the molecule is C=C1C(=O)[C@@]23C[C@@H](CC2[C@]2(COC(=O)CC)CCC[C@@](C)(COC(=O)CC)C12)C(=C)C3=O. The molecule has 0 heterocycles. The van der Waals surface area contributed by atoms with Crippen LogP contribution in [0.25, 0.3) is 0 Å². The number of esters is 2. The van der Waals surface area contributed by atoms with Gasteiger partial charge in [-0.05, 0) is 48.7 Å². The van der Waals surface area contributed by atoms with Gasteiger partial charge in [0.2, 0.25) is 0 Å². The Morgan fingerprint density at radius 2 is 1.56 bits per heavy atom. The van der Waals surface area contributed by atoms with E-state index in [1.807, 2.05) is 6.92 Å². The molecule has 174 valence electrons. The Balaban J connectivity index is 1.81. The van der Waals surface area contributed by atoms with Gasteiger partial charge in [0.25, 0.3) is 0 Å². The quantitative estimate of drug-likeness (QED) is 0.351. The zero-order valence-corrected chi connectivity index (χ0v) is 19.5. The summed E-state index contributed by atoms with van der Waals surface area (Å²) in [7, 11) is 0. The lowest BCUT2D eigenvalue weighted by molar-refractivity contribution is -0.181. The summed E-state index contributed by atoms with van der Waals surface area (Å²) < 4.78 is 11.3. The minimum absolute atomic E-state index is 0.00662. The summed E-state index contributed by atoms with van der Waals surface area (Å²) in [5, 5.41) is 0. The third-order valence-electron chi connectivity index (χ3n) is 8.92. The predicted molar refractivity (Wildman–Crippen MR) is 117 cm³/mol. The first-order chi connectivity index (χ1) is 15.1. The van der Waals surface area contributed by atoms with Crippen molar-refractivity contribution in [2.45, 2.75) is 65.7 Å². The second kappa shape index (κ2) is 7.67. The Morgan fingerprint density at radius 1 is 0.969 bits per heavy atom. The third kappa shape index (κ3) is 2.90. The van der Waals surface area contributed by atoms with E-state index in [2.05, 4.69) is 13.2 Å². The van der Waals surface area contributed by atoms with E-state index in [9.17, 15) is 19.2 Å². The Bertz CT molecular complexity index is 917. The van der Waals surface area contributed by atoms with Gasteiger partial charge in [0, 0.05) is 29.6 Å². The maximum absolute atomic E-state index is 13.8. The number of ketones is 2. The first-order valence-corrected chi connectivity index (χ1v) is 11.9. The molecule has 0 aliphatic heterocycles. The predicted octanol–water partition coefficient (Wildman–Crippen LogP) is 3.98. The monoisotopic (exact) mass is 442 g/mol. The highest BCUT2D eigenvalue weighted by Crippen LogP contribution is 2.73. The van der Waals surface area contributed by atoms with Crippen molar-refractivity contribution in [2.75, 3.05) is 13.2 Å². The number of rotatable bonds is 6. The molecule has 32 heavy (non-hydrogen) atoms. The number of carbonyl (C=O) groups excluding carboxylic acids is 4. The average molecular weight is 443 g/mol. The van der Waals surface area contributed by atoms with Crippen molar-refractivity contribution in [3.05, 3.63) is 24.3 Å². The number of hydrogen-bond donors (Lipinski definition) is 0. The molecule has 4 saturated carbocycles. The molecule has 2 bridgehead atoms. The fourth-order valence-corrected chi connectivity index (χ4v) is 7.61. The van der Waals surface area contributed by atoms with Crippen molar-refractivity contribution in [1.82, 2.24) is 0 Å². The van der Waals surface area contributed by atoms with Crippen LogP contribution < -0.4 is 0 Å². The molecule has 6 atom stereocenters. The van der Waals surface area contributed by atoms with Gasteiger partial charge in [-0.2, -0.15) is 0 Å². The Morgan fingerprint density at radius 3 is 2.16 bits per heavy atom. The molecule has 0 amide bonds. The summed E-state index contributed by atoms with van der Waals surface area (Å²) in [6, 6.07) is 0. The second-order valence-electron chi connectivity index (χ2n) is 10.6. The van der Waals surface area contributed by atoms with Gasteiger partial charge in [-0.25, -0.2) is 0 Å². The molecule has 0 N–H and O–H groups in total. The maximum Gasteiger partial charge on any atom is 0.305 e. The van der Waals surface area contributed by atoms with Crippen LogP contribution in [-0.4, -0.2) is 36.7 Å². The third-order valence-corrected chi connectivity index (χ3v) is 8.92. The van der Waals surface area contributed by atoms with Crippen LogP contribution in [0.2, 0.25) is 0 Å². The smallest absolute Gasteiger partial charge is 0.305 e. The van der Waals surface area contributed by atoms with Crippen molar-refractivity contribution in [3.63, 3.8) is 0 Å². The maximum atomic E-state index is 13.8. The second-order valence-corrected chi connectivity index (χ2v) is 10.6. The molecule has 0 aromatic carbocycles. The molecule has 4 aliphatic rings. The summed E-state index contributed by atoms with van der Waals surface area (Å²) in [5.74, 6) is -1.43. The molecule has 0 aromatic heterocycles. The average Bonchev–Trinajstić information content (AvgIpc) is 3.30. The zero-order valence-electron chi connectivity index (χ0n) is 19.5. The van der Waals surface area contributed by atoms with Crippen LogP contribution in [0.15, 0.2) is 24.3 Å². The highest BCUT2D eigenvalue weighted by molar-refractivity contribution is 6.22. The molecular formula is C26H34O6. The largest absolute Gasteiger partial charge is 0.465 e. The zero-order chi connectivity index (χ0) is 23.5. The van der Waals surface area contributed by atoms with Gasteiger partial charge >= 0.3 is 11.9 Å². The van der Waals surface area contributed by atoms with Crippen molar-refractivity contribution in [3.8, 4) is 0 Å². The molecule has 2 unspecified atom stereocenters. The van der Waals surface area contributed by atoms with Crippen LogP contribution in [0.3, 0.4) is 0 Å². The molecule has 0 radical (unpaired) electrons. The normalized spacial score (nSPS) is 40.2. The highest BCUT2D eigenvalue weighted by Gasteiger charge is 2.75. The van der Waals surface area contributed by atoms with Crippen molar-refractivity contribution < 1.29 is 28.7 Å². The van der Waals surface area contributed by atoms with Crippen molar-refractivity contribution >= 4 is 23.5 Å². The lowest BCUT2D eigenvalue weighted by Crippen LogP contribution is -2.65. The Hall–Kier alpha value is -2.24. The molecule has 6 nitrogen and oxygen atoms in total. The van der Waals surface area contributed by atoms with Crippen LogP contribution in [0, 0.1) is 34.0 Å². The Kier molecular flexibility index (Phi) is 5.50. The number of fused-ring (bicyclic) bond motifs is 3. The van der Waals surface area contributed by atoms with E-state index in [1.54, 1.807) is 13.8 Å². The molecule has 6 heteroatoms. The van der Waals surface area contributed by atoms with Crippen LogP contribution in [0.5, 0.6) is 0 Å². The summed E-state index contributed by atoms with van der Waals surface area (Å²) in [6.07, 6.45) is 4.10. The van der Waals surface area contributed by atoms with Crippen LogP contribution >= 0.6 is 0 Å². The fraction of sp³-hybridized carbons (Fsp3) is 0.692. The van der Waals surface area contributed by atoms with Crippen molar-refractivity contribution in [1.29, 1.82) is 0 Å². The topological polar surface area (TPSA) is 86.7 Å². The lowest BCUT2D eigenvalue weighted by Gasteiger charge is -2.62. The molecule has 4 aliphatic carbocycles. The van der Waals surface area contributed by atoms with E-state index in [1.165, 1.54) is 0 Å². The van der Waals surface area contributed by atoms with E-state index >= 15 is 0 Å². The lowest BCUT2D eigenvalue weighted by atomic mass is 9.40. The minimum Gasteiger partial charge on any atom is -0.465 e. The minimum atomic E-state index is -1.12. The highest BCUT2D eigenvalue weighted by atomic mass is 16.5. The van der Waals surface area contributed by atoms with Crippen molar-refractivity contribution in [2.24, 2.45) is 34.0 Å². The van der Waals surface area contributed by atoms with Gasteiger partial charge in [0.05, 0.1) is 13.2 Å². The summed E-state index contributed by atoms with van der Waals surface area (Å²) in [5.41, 5.74) is -1.24. The first kappa shape index (κ1) is 22.9. The molecular weight excluding hydrogens is 408 g/mol. The van der Waals surface area contributed by atoms with Gasteiger partial charge in [-0.1, -0.05) is 40.3 Å². The van der Waals surface area contributed by atoms with E-state index in [4.69, 9.17) is 9.47 Å². The molecule has 1 spiro atoms. The van der Waals surface area contributed by atoms with Gasteiger partial charge in [-0.3, -0.25) is 19.2 Å². The van der Waals surface area contributed by atoms with E-state index < -0.39 is 16.2 Å². The molecule has 0 aromatic rings. The van der Waals surface area contributed by atoms with Crippen LogP contribution in [0.1, 0.15) is 65.7 Å². The van der Waals surface area contributed by atoms with Crippen LogP contribution in [0.4, 0.5) is 0 Å². The van der Waals surface area contributed by atoms with Gasteiger partial charge in [-0.15, -0.1) is 0 Å². The Labute approximate surface area is 189 Å². The van der Waals surface area contributed by atoms with E-state index in [-0.39, 0.29) is 67.3 Å². The van der Waals surface area contributed by atoms with E-state index in [0.29, 0.717) is 24.0 Å². The molecule has 4 fully saturated rings. The number of hydrogen-bond acceptors (Lipinski definition) is 6. The van der Waals surface area contributed by atoms with Gasteiger partial charge in [0.15, 0.2) is 11.6 Å². The number of ether oxygens (including phenoxy) is 2. The van der Waals surface area contributed by atoms with Gasteiger partial charge in [0.1, 0.15) is 5.41 Å². The summed E-state index contributed by atoms with van der Waals surface area (Å²) >= 11 is 0.